The molecular weight excluding hydrogens is 324 g/mol. The molecule has 26 heavy (non-hydrogen) atoms. The molecule has 2 N–H and O–H groups in total. The fraction of sp³-hybridized carbons (Fsp3) is 0.455. The van der Waals surface area contributed by atoms with Crippen LogP contribution in [0.25, 0.3) is 0 Å². The quantitative estimate of drug-likeness (QED) is 0.759. The van der Waals surface area contributed by atoms with Gasteiger partial charge in [-0.15, -0.1) is 0 Å². The van der Waals surface area contributed by atoms with Crippen LogP contribution in [-0.4, -0.2) is 71.5 Å². The van der Waals surface area contributed by atoms with E-state index in [4.69, 9.17) is 0 Å². The molecule has 1 saturated heterocycles. The summed E-state index contributed by atoms with van der Waals surface area (Å²) < 4.78 is 0. The van der Waals surface area contributed by atoms with Gasteiger partial charge in [0.1, 0.15) is 0 Å². The Bertz CT molecular complexity index is 570. The van der Waals surface area contributed by atoms with Crippen LogP contribution in [0.5, 0.6) is 0 Å². The first-order valence-electron chi connectivity index (χ1n) is 9.58. The third kappa shape index (κ3) is 6.22. The van der Waals surface area contributed by atoms with Crippen molar-refractivity contribution >= 4 is 0 Å². The van der Waals surface area contributed by atoms with Crippen molar-refractivity contribution in [3.63, 3.8) is 0 Å². The minimum absolute atomic E-state index is 0.326. The van der Waals surface area contributed by atoms with Crippen LogP contribution in [0.4, 0.5) is 0 Å². The second kappa shape index (κ2) is 9.83. The van der Waals surface area contributed by atoms with Gasteiger partial charge >= 0.3 is 0 Å². The van der Waals surface area contributed by atoms with Crippen LogP contribution < -0.4 is 0 Å². The smallest absolute Gasteiger partial charge is 0.0707 e. The lowest BCUT2D eigenvalue weighted by molar-refractivity contribution is 0.0490. The first-order valence-corrected chi connectivity index (χ1v) is 9.58. The molecule has 0 radical (unpaired) electrons. The number of benzene rings is 2. The molecule has 0 spiro atoms. The summed E-state index contributed by atoms with van der Waals surface area (Å²) in [6.45, 7) is 5.23. The van der Waals surface area contributed by atoms with Crippen molar-refractivity contribution in [2.24, 2.45) is 0 Å². The van der Waals surface area contributed by atoms with Crippen LogP contribution in [0.2, 0.25) is 0 Å². The Morgan fingerprint density at radius 2 is 0.962 bits per heavy atom. The van der Waals surface area contributed by atoms with E-state index in [2.05, 4.69) is 34.1 Å². The molecule has 1 aliphatic rings. The van der Waals surface area contributed by atoms with Crippen molar-refractivity contribution < 1.29 is 10.2 Å². The molecule has 4 nitrogen and oxygen atoms in total. The Labute approximate surface area is 156 Å². The van der Waals surface area contributed by atoms with Gasteiger partial charge in [-0.25, -0.2) is 0 Å². The van der Waals surface area contributed by atoms with Gasteiger partial charge in [-0.2, -0.15) is 0 Å². The first-order chi connectivity index (χ1) is 12.7. The zero-order valence-corrected chi connectivity index (χ0v) is 15.4. The topological polar surface area (TPSA) is 46.9 Å². The van der Waals surface area contributed by atoms with Gasteiger partial charge in [-0.1, -0.05) is 60.7 Å². The Balaban J connectivity index is 1.36. The van der Waals surface area contributed by atoms with E-state index in [1.165, 1.54) is 11.1 Å². The normalized spacial score (nSPS) is 18.5. The second-order valence-corrected chi connectivity index (χ2v) is 7.29. The third-order valence-electron chi connectivity index (χ3n) is 5.03. The lowest BCUT2D eigenvalue weighted by Crippen LogP contribution is -2.50. The summed E-state index contributed by atoms with van der Waals surface area (Å²) >= 11 is 0. The van der Waals surface area contributed by atoms with E-state index in [1.54, 1.807) is 0 Å². The SMILES string of the molecule is O[C@H](Cc1ccccc1)CN1CCN(C[C@H](O)Cc2ccccc2)CC1. The molecule has 2 atom stereocenters. The molecule has 0 aromatic heterocycles. The number of aliphatic hydroxyl groups is 2. The molecule has 1 aliphatic heterocycles. The minimum atomic E-state index is -0.326. The van der Waals surface area contributed by atoms with E-state index in [1.807, 2.05) is 36.4 Å². The van der Waals surface area contributed by atoms with E-state index >= 15 is 0 Å². The standard InChI is InChI=1S/C22H30N2O2/c25-21(15-19-7-3-1-4-8-19)17-23-11-13-24(14-12-23)18-22(26)16-20-9-5-2-6-10-20/h1-10,21-22,25-26H,11-18H2/t21-,22-/m1/s1. The van der Waals surface area contributed by atoms with Gasteiger partial charge < -0.3 is 10.2 Å². The highest BCUT2D eigenvalue weighted by Crippen LogP contribution is 2.09. The molecule has 140 valence electrons. The van der Waals surface area contributed by atoms with Crippen molar-refractivity contribution in [3.05, 3.63) is 71.8 Å². The summed E-state index contributed by atoms with van der Waals surface area (Å²) in [6, 6.07) is 20.3. The zero-order chi connectivity index (χ0) is 18.2. The number of aliphatic hydroxyl groups excluding tert-OH is 2. The number of piperazine rings is 1. The van der Waals surface area contributed by atoms with Gasteiger partial charge in [-0.05, 0) is 24.0 Å². The number of β-amino-alcohol motifs (C(OH)–C–C–N with tert-alkyl or cyclic N) is 2. The molecule has 0 aliphatic carbocycles. The number of rotatable bonds is 8. The molecule has 0 bridgehead atoms. The summed E-state index contributed by atoms with van der Waals surface area (Å²) in [5, 5.41) is 20.7. The van der Waals surface area contributed by atoms with E-state index < -0.39 is 0 Å². The maximum Gasteiger partial charge on any atom is 0.0707 e. The lowest BCUT2D eigenvalue weighted by Gasteiger charge is -2.36. The molecule has 1 heterocycles. The van der Waals surface area contributed by atoms with E-state index in [0.29, 0.717) is 12.8 Å². The maximum atomic E-state index is 10.3. The van der Waals surface area contributed by atoms with Crippen LogP contribution in [0.1, 0.15) is 11.1 Å². The van der Waals surface area contributed by atoms with E-state index in [9.17, 15) is 10.2 Å². The molecule has 2 aromatic carbocycles. The van der Waals surface area contributed by atoms with Gasteiger partial charge in [0.05, 0.1) is 12.2 Å². The molecule has 0 unspecified atom stereocenters. The van der Waals surface area contributed by atoms with Crippen LogP contribution in [0, 0.1) is 0 Å². The number of hydrogen-bond donors (Lipinski definition) is 2. The van der Waals surface area contributed by atoms with Crippen LogP contribution >= 0.6 is 0 Å². The molecule has 0 saturated carbocycles. The van der Waals surface area contributed by atoms with Crippen molar-refractivity contribution in [1.29, 1.82) is 0 Å². The van der Waals surface area contributed by atoms with Crippen LogP contribution in [0.15, 0.2) is 60.7 Å². The second-order valence-electron chi connectivity index (χ2n) is 7.29. The van der Waals surface area contributed by atoms with Crippen molar-refractivity contribution in [3.8, 4) is 0 Å². The largest absolute Gasteiger partial charge is 0.391 e. The summed E-state index contributed by atoms with van der Waals surface area (Å²) in [4.78, 5) is 4.65. The first kappa shape index (κ1) is 19.1. The average Bonchev–Trinajstić information content (AvgIpc) is 2.65. The van der Waals surface area contributed by atoms with Gasteiger partial charge in [0.15, 0.2) is 0 Å². The summed E-state index contributed by atoms with van der Waals surface area (Å²) in [5.41, 5.74) is 2.37. The van der Waals surface area contributed by atoms with Crippen molar-refractivity contribution in [2.45, 2.75) is 25.0 Å². The van der Waals surface area contributed by atoms with E-state index in [0.717, 1.165) is 39.3 Å². The van der Waals surface area contributed by atoms with Crippen LogP contribution in [-0.2, 0) is 12.8 Å². The predicted octanol–water partition coefficient (Wildman–Crippen LogP) is 1.81. The third-order valence-corrected chi connectivity index (χ3v) is 5.03. The fourth-order valence-electron chi connectivity index (χ4n) is 3.65. The Kier molecular flexibility index (Phi) is 7.21. The highest BCUT2D eigenvalue weighted by molar-refractivity contribution is 5.16. The highest BCUT2D eigenvalue weighted by atomic mass is 16.3. The van der Waals surface area contributed by atoms with Gasteiger partial charge in [0.25, 0.3) is 0 Å². The van der Waals surface area contributed by atoms with E-state index in [-0.39, 0.29) is 12.2 Å². The monoisotopic (exact) mass is 354 g/mol. The maximum absolute atomic E-state index is 10.3. The van der Waals surface area contributed by atoms with Crippen molar-refractivity contribution in [1.82, 2.24) is 9.80 Å². The summed E-state index contributed by atoms with van der Waals surface area (Å²) in [7, 11) is 0. The summed E-state index contributed by atoms with van der Waals surface area (Å²) in [6.07, 6.45) is 0.758. The highest BCUT2D eigenvalue weighted by Gasteiger charge is 2.21. The Hall–Kier alpha value is -1.72. The van der Waals surface area contributed by atoms with Gasteiger partial charge in [0.2, 0.25) is 0 Å². The summed E-state index contributed by atoms with van der Waals surface area (Å²) in [5.74, 6) is 0. The molecule has 3 rings (SSSR count). The number of nitrogens with zero attached hydrogens (tertiary/aromatic N) is 2. The van der Waals surface area contributed by atoms with Crippen LogP contribution in [0.3, 0.4) is 0 Å². The zero-order valence-electron chi connectivity index (χ0n) is 15.4. The molecule has 1 fully saturated rings. The van der Waals surface area contributed by atoms with Gasteiger partial charge in [0, 0.05) is 39.3 Å². The number of hydrogen-bond acceptors (Lipinski definition) is 4. The lowest BCUT2D eigenvalue weighted by atomic mass is 10.1. The predicted molar refractivity (Wildman–Crippen MR) is 105 cm³/mol. The molecule has 4 heteroatoms. The molecular formula is C22H30N2O2. The van der Waals surface area contributed by atoms with Gasteiger partial charge in [-0.3, -0.25) is 9.80 Å². The minimum Gasteiger partial charge on any atom is -0.391 e. The molecule has 2 aromatic rings. The Morgan fingerprint density at radius 1 is 0.615 bits per heavy atom. The molecule has 0 amide bonds. The Morgan fingerprint density at radius 3 is 1.31 bits per heavy atom. The fourth-order valence-corrected chi connectivity index (χ4v) is 3.65. The van der Waals surface area contributed by atoms with Crippen molar-refractivity contribution in [2.75, 3.05) is 39.3 Å². The average molecular weight is 354 g/mol.